The maximum absolute atomic E-state index is 3.94. The second-order valence-electron chi connectivity index (χ2n) is 3.18. The molecule has 2 heteroatoms. The highest BCUT2D eigenvalue weighted by molar-refractivity contribution is 4.79. The molecule has 1 fully saturated rings. The van der Waals surface area contributed by atoms with E-state index in [2.05, 4.69) is 24.1 Å². The summed E-state index contributed by atoms with van der Waals surface area (Å²) >= 11 is 0. The summed E-state index contributed by atoms with van der Waals surface area (Å²) < 4.78 is 0. The first kappa shape index (κ1) is 9.01. The Hall–Kier alpha value is -0.0800. The minimum absolute atomic E-state index is 0.742. The molecule has 1 heterocycles. The Morgan fingerprint density at radius 2 is 2.45 bits per heavy atom. The maximum Gasteiger partial charge on any atom is 0.0221 e. The van der Waals surface area contributed by atoms with Crippen LogP contribution < -0.4 is 5.32 Å². The lowest BCUT2D eigenvalue weighted by atomic mass is 10.1. The molecule has 1 aliphatic rings. The van der Waals surface area contributed by atoms with Crippen molar-refractivity contribution >= 4 is 0 Å². The van der Waals surface area contributed by atoms with Crippen LogP contribution in [-0.2, 0) is 0 Å². The van der Waals surface area contributed by atoms with Crippen LogP contribution in [0.15, 0.2) is 0 Å². The third kappa shape index (κ3) is 2.46. The Balaban J connectivity index is 2.31. The first-order chi connectivity index (χ1) is 5.38. The van der Waals surface area contributed by atoms with Gasteiger partial charge in [0.1, 0.15) is 0 Å². The molecule has 1 N–H and O–H groups in total. The van der Waals surface area contributed by atoms with Crippen molar-refractivity contribution in [2.24, 2.45) is 0 Å². The third-order valence-corrected chi connectivity index (χ3v) is 2.38. The summed E-state index contributed by atoms with van der Waals surface area (Å²) in [6.07, 6.45) is 2.59. The van der Waals surface area contributed by atoms with E-state index in [9.17, 15) is 0 Å². The van der Waals surface area contributed by atoms with E-state index in [0.29, 0.717) is 0 Å². The highest BCUT2D eigenvalue weighted by Gasteiger charge is 2.18. The van der Waals surface area contributed by atoms with Gasteiger partial charge in [-0.2, -0.15) is 0 Å². The van der Waals surface area contributed by atoms with E-state index in [-0.39, 0.29) is 0 Å². The molecule has 1 radical (unpaired) electrons. The quantitative estimate of drug-likeness (QED) is 0.651. The second-order valence-corrected chi connectivity index (χ2v) is 3.18. The highest BCUT2D eigenvalue weighted by atomic mass is 15.2. The molecule has 1 saturated heterocycles. The standard InChI is InChI=1S/C9H19N2/c1-3-5-9-8-10-6-7-11(9)4-2/h9-10H,2-8H2,1H3. The first-order valence-corrected chi connectivity index (χ1v) is 4.62. The molecule has 0 bridgehead atoms. The Bertz CT molecular complexity index is 102. The maximum atomic E-state index is 3.94. The van der Waals surface area contributed by atoms with E-state index >= 15 is 0 Å². The monoisotopic (exact) mass is 155 g/mol. The normalized spacial score (nSPS) is 27.3. The third-order valence-electron chi connectivity index (χ3n) is 2.38. The molecule has 0 aromatic rings. The van der Waals surface area contributed by atoms with Gasteiger partial charge in [-0.3, -0.25) is 4.90 Å². The van der Waals surface area contributed by atoms with Crippen LogP contribution in [0.1, 0.15) is 19.8 Å². The molecule has 0 spiro atoms. The molecule has 1 atom stereocenters. The van der Waals surface area contributed by atoms with Crippen LogP contribution in [0.4, 0.5) is 0 Å². The van der Waals surface area contributed by atoms with Crippen LogP contribution in [0.3, 0.4) is 0 Å². The van der Waals surface area contributed by atoms with Gasteiger partial charge in [0.05, 0.1) is 0 Å². The zero-order chi connectivity index (χ0) is 8.10. The van der Waals surface area contributed by atoms with Gasteiger partial charge in [0, 0.05) is 25.7 Å². The van der Waals surface area contributed by atoms with Crippen molar-refractivity contribution in [2.45, 2.75) is 25.8 Å². The Morgan fingerprint density at radius 1 is 1.64 bits per heavy atom. The van der Waals surface area contributed by atoms with Gasteiger partial charge in [0.25, 0.3) is 0 Å². The predicted molar refractivity (Wildman–Crippen MR) is 48.5 cm³/mol. The van der Waals surface area contributed by atoms with Crippen molar-refractivity contribution in [3.05, 3.63) is 6.92 Å². The fourth-order valence-corrected chi connectivity index (χ4v) is 1.72. The molecule has 1 unspecified atom stereocenters. The van der Waals surface area contributed by atoms with Crippen molar-refractivity contribution in [3.63, 3.8) is 0 Å². The highest BCUT2D eigenvalue weighted by Crippen LogP contribution is 2.07. The van der Waals surface area contributed by atoms with Crippen molar-refractivity contribution < 1.29 is 0 Å². The predicted octanol–water partition coefficient (Wildman–Crippen LogP) is 0.894. The van der Waals surface area contributed by atoms with Crippen molar-refractivity contribution in [3.8, 4) is 0 Å². The van der Waals surface area contributed by atoms with Crippen LogP contribution in [0, 0.1) is 6.92 Å². The summed E-state index contributed by atoms with van der Waals surface area (Å²) in [5.41, 5.74) is 0. The van der Waals surface area contributed by atoms with Crippen LogP contribution >= 0.6 is 0 Å². The van der Waals surface area contributed by atoms with Crippen LogP contribution in [-0.4, -0.2) is 37.1 Å². The average Bonchev–Trinajstić information content (AvgIpc) is 2.06. The summed E-state index contributed by atoms with van der Waals surface area (Å²) in [5.74, 6) is 0. The van der Waals surface area contributed by atoms with Gasteiger partial charge in [-0.05, 0) is 19.9 Å². The molecular weight excluding hydrogens is 136 g/mol. The molecule has 1 aliphatic heterocycles. The largest absolute Gasteiger partial charge is 0.314 e. The summed E-state index contributed by atoms with van der Waals surface area (Å²) in [4.78, 5) is 2.47. The fourth-order valence-electron chi connectivity index (χ4n) is 1.72. The van der Waals surface area contributed by atoms with Gasteiger partial charge in [-0.15, -0.1) is 0 Å². The zero-order valence-electron chi connectivity index (χ0n) is 7.47. The lowest BCUT2D eigenvalue weighted by Gasteiger charge is -2.35. The smallest absolute Gasteiger partial charge is 0.0221 e. The molecule has 1 rings (SSSR count). The lowest BCUT2D eigenvalue weighted by molar-refractivity contribution is 0.168. The van der Waals surface area contributed by atoms with Crippen LogP contribution in [0.25, 0.3) is 0 Å². The zero-order valence-corrected chi connectivity index (χ0v) is 7.47. The number of hydrogen-bond donors (Lipinski definition) is 1. The van der Waals surface area contributed by atoms with E-state index < -0.39 is 0 Å². The summed E-state index contributed by atoms with van der Waals surface area (Å²) in [6, 6.07) is 0.742. The van der Waals surface area contributed by atoms with Gasteiger partial charge in [-0.25, -0.2) is 0 Å². The Kier molecular flexibility index (Phi) is 3.87. The first-order valence-electron chi connectivity index (χ1n) is 4.62. The summed E-state index contributed by atoms with van der Waals surface area (Å²) in [6.45, 7) is 10.6. The van der Waals surface area contributed by atoms with Crippen LogP contribution in [0.5, 0.6) is 0 Å². The lowest BCUT2D eigenvalue weighted by Crippen LogP contribution is -2.50. The SMILES string of the molecule is [CH2]CN1CCNCC1CCC. The second kappa shape index (κ2) is 4.73. The molecule has 0 aliphatic carbocycles. The molecule has 0 saturated carbocycles. The van der Waals surface area contributed by atoms with E-state index in [1.165, 1.54) is 19.4 Å². The minimum Gasteiger partial charge on any atom is -0.314 e. The summed E-state index contributed by atoms with van der Waals surface area (Å²) in [5, 5.41) is 3.41. The molecule has 0 amide bonds. The fraction of sp³-hybridized carbons (Fsp3) is 0.889. The van der Waals surface area contributed by atoms with Crippen molar-refractivity contribution in [1.29, 1.82) is 0 Å². The molecule has 0 aromatic carbocycles. The van der Waals surface area contributed by atoms with Crippen molar-refractivity contribution in [1.82, 2.24) is 10.2 Å². The van der Waals surface area contributed by atoms with Crippen LogP contribution in [0.2, 0.25) is 0 Å². The van der Waals surface area contributed by atoms with E-state index in [0.717, 1.165) is 25.7 Å². The molecular formula is C9H19N2. The number of nitrogens with zero attached hydrogens (tertiary/aromatic N) is 1. The van der Waals surface area contributed by atoms with Gasteiger partial charge >= 0.3 is 0 Å². The molecule has 65 valence electrons. The van der Waals surface area contributed by atoms with E-state index in [1.54, 1.807) is 0 Å². The number of nitrogens with one attached hydrogen (secondary N) is 1. The van der Waals surface area contributed by atoms with Gasteiger partial charge in [0.2, 0.25) is 0 Å². The average molecular weight is 155 g/mol. The molecule has 2 nitrogen and oxygen atoms in total. The Labute approximate surface area is 70.0 Å². The minimum atomic E-state index is 0.742. The van der Waals surface area contributed by atoms with Gasteiger partial charge in [-0.1, -0.05) is 13.3 Å². The van der Waals surface area contributed by atoms with Gasteiger partial charge < -0.3 is 5.32 Å². The number of piperazine rings is 1. The van der Waals surface area contributed by atoms with Gasteiger partial charge in [0.15, 0.2) is 0 Å². The van der Waals surface area contributed by atoms with E-state index in [1.807, 2.05) is 0 Å². The molecule has 0 aromatic heterocycles. The number of rotatable bonds is 3. The Morgan fingerprint density at radius 3 is 3.09 bits per heavy atom. The topological polar surface area (TPSA) is 15.3 Å². The molecule has 11 heavy (non-hydrogen) atoms. The van der Waals surface area contributed by atoms with Crippen molar-refractivity contribution in [2.75, 3.05) is 26.2 Å². The number of hydrogen-bond acceptors (Lipinski definition) is 2. The van der Waals surface area contributed by atoms with E-state index in [4.69, 9.17) is 0 Å². The summed E-state index contributed by atoms with van der Waals surface area (Å²) in [7, 11) is 0.